The van der Waals surface area contributed by atoms with E-state index < -0.39 is 11.7 Å². The van der Waals surface area contributed by atoms with Gasteiger partial charge in [-0.25, -0.2) is 4.79 Å². The normalized spacial score (nSPS) is 11.0. The number of aromatic nitrogens is 1. The molecule has 1 N–H and O–H groups in total. The minimum absolute atomic E-state index is 0.409. The Balaban J connectivity index is 2.40. The van der Waals surface area contributed by atoms with E-state index in [1.807, 2.05) is 39.8 Å². The van der Waals surface area contributed by atoms with Gasteiger partial charge in [-0.2, -0.15) is 0 Å². The molecule has 88 valence electrons. The van der Waals surface area contributed by atoms with Gasteiger partial charge in [-0.3, -0.25) is 4.98 Å². The second-order valence-corrected chi connectivity index (χ2v) is 4.66. The molecular formula is C12H18N2O2. The van der Waals surface area contributed by atoms with Crippen LogP contribution >= 0.6 is 0 Å². The first kappa shape index (κ1) is 12.5. The quantitative estimate of drug-likeness (QED) is 0.836. The van der Waals surface area contributed by atoms with Crippen molar-refractivity contribution in [2.75, 3.05) is 0 Å². The third-order valence-electron chi connectivity index (χ3n) is 1.81. The fraction of sp³-hybridized carbons (Fsp3) is 0.500. The molecule has 1 rings (SSSR count). The van der Waals surface area contributed by atoms with E-state index in [1.165, 1.54) is 0 Å². The van der Waals surface area contributed by atoms with Gasteiger partial charge in [0.05, 0.1) is 0 Å². The highest BCUT2D eigenvalue weighted by molar-refractivity contribution is 5.67. The topological polar surface area (TPSA) is 51.2 Å². The van der Waals surface area contributed by atoms with Gasteiger partial charge in [0.1, 0.15) is 5.60 Å². The maximum absolute atomic E-state index is 11.3. The highest BCUT2D eigenvalue weighted by atomic mass is 16.6. The van der Waals surface area contributed by atoms with Crippen molar-refractivity contribution in [3.63, 3.8) is 0 Å². The van der Waals surface area contributed by atoms with Crippen LogP contribution in [-0.4, -0.2) is 16.7 Å². The number of carbonyl (C=O) groups excluding carboxylic acids is 1. The number of nitrogens with one attached hydrogen (secondary N) is 1. The standard InChI is InChI=1S/C12H18N2O2/c1-9-5-6-10(7-13-9)8-14-11(15)16-12(2,3)4/h5-7H,8H2,1-4H3,(H,14,15). The van der Waals surface area contributed by atoms with Crippen LogP contribution in [0.2, 0.25) is 0 Å². The highest BCUT2D eigenvalue weighted by Crippen LogP contribution is 2.07. The average Bonchev–Trinajstić information content (AvgIpc) is 2.14. The summed E-state index contributed by atoms with van der Waals surface area (Å²) in [7, 11) is 0. The molecule has 0 bridgehead atoms. The fourth-order valence-electron chi connectivity index (χ4n) is 1.09. The molecule has 0 radical (unpaired) electrons. The monoisotopic (exact) mass is 222 g/mol. The van der Waals surface area contributed by atoms with Crippen molar-refractivity contribution < 1.29 is 9.53 Å². The summed E-state index contributed by atoms with van der Waals surface area (Å²) in [5, 5.41) is 2.67. The summed E-state index contributed by atoms with van der Waals surface area (Å²) in [5.74, 6) is 0. The van der Waals surface area contributed by atoms with Gasteiger partial charge in [-0.1, -0.05) is 6.07 Å². The molecule has 0 atom stereocenters. The molecule has 16 heavy (non-hydrogen) atoms. The lowest BCUT2D eigenvalue weighted by Gasteiger charge is -2.19. The molecule has 0 saturated carbocycles. The van der Waals surface area contributed by atoms with Gasteiger partial charge in [0.2, 0.25) is 0 Å². The molecule has 4 heteroatoms. The first-order chi connectivity index (χ1) is 7.37. The van der Waals surface area contributed by atoms with Gasteiger partial charge in [0, 0.05) is 18.4 Å². The number of amides is 1. The molecule has 4 nitrogen and oxygen atoms in total. The number of pyridine rings is 1. The van der Waals surface area contributed by atoms with Crippen LogP contribution in [0.25, 0.3) is 0 Å². The van der Waals surface area contributed by atoms with Crippen LogP contribution < -0.4 is 5.32 Å². The van der Waals surface area contributed by atoms with Crippen molar-refractivity contribution >= 4 is 6.09 Å². The van der Waals surface area contributed by atoms with Crippen molar-refractivity contribution in [3.05, 3.63) is 29.6 Å². The lowest BCUT2D eigenvalue weighted by Crippen LogP contribution is -2.32. The first-order valence-corrected chi connectivity index (χ1v) is 5.25. The Kier molecular flexibility index (Phi) is 3.88. The molecule has 0 aromatic carbocycles. The number of alkyl carbamates (subject to hydrolysis) is 1. The Morgan fingerprint density at radius 3 is 2.62 bits per heavy atom. The minimum atomic E-state index is -0.463. The Hall–Kier alpha value is -1.58. The first-order valence-electron chi connectivity index (χ1n) is 5.25. The summed E-state index contributed by atoms with van der Waals surface area (Å²) in [6.07, 6.45) is 1.33. The van der Waals surface area contributed by atoms with Gasteiger partial charge in [-0.05, 0) is 39.3 Å². The summed E-state index contributed by atoms with van der Waals surface area (Å²) >= 11 is 0. The predicted molar refractivity (Wildman–Crippen MR) is 62.0 cm³/mol. The molecule has 0 aliphatic rings. The second-order valence-electron chi connectivity index (χ2n) is 4.66. The smallest absolute Gasteiger partial charge is 0.407 e. The van der Waals surface area contributed by atoms with Gasteiger partial charge >= 0.3 is 6.09 Å². The van der Waals surface area contributed by atoms with Gasteiger partial charge < -0.3 is 10.1 Å². The fourth-order valence-corrected chi connectivity index (χ4v) is 1.09. The molecule has 1 aromatic heterocycles. The molecular weight excluding hydrogens is 204 g/mol. The van der Waals surface area contributed by atoms with Crippen LogP contribution in [-0.2, 0) is 11.3 Å². The maximum Gasteiger partial charge on any atom is 0.407 e. The lowest BCUT2D eigenvalue weighted by molar-refractivity contribution is 0.0523. The van der Waals surface area contributed by atoms with E-state index >= 15 is 0 Å². The van der Waals surface area contributed by atoms with E-state index in [1.54, 1.807) is 6.20 Å². The Morgan fingerprint density at radius 1 is 1.44 bits per heavy atom. The Bertz CT molecular complexity index is 352. The Labute approximate surface area is 96.0 Å². The minimum Gasteiger partial charge on any atom is -0.444 e. The van der Waals surface area contributed by atoms with Crippen molar-refractivity contribution in [2.24, 2.45) is 0 Å². The van der Waals surface area contributed by atoms with Gasteiger partial charge in [0.15, 0.2) is 0 Å². The third kappa shape index (κ3) is 4.77. The summed E-state index contributed by atoms with van der Waals surface area (Å²) in [6.45, 7) is 7.85. The van der Waals surface area contributed by atoms with E-state index in [4.69, 9.17) is 4.74 Å². The van der Waals surface area contributed by atoms with Crippen LogP contribution in [0, 0.1) is 6.92 Å². The van der Waals surface area contributed by atoms with Crippen molar-refractivity contribution in [1.82, 2.24) is 10.3 Å². The third-order valence-corrected chi connectivity index (χ3v) is 1.81. The zero-order chi connectivity index (χ0) is 12.2. The summed E-state index contributed by atoms with van der Waals surface area (Å²) in [4.78, 5) is 15.5. The summed E-state index contributed by atoms with van der Waals surface area (Å²) < 4.78 is 5.11. The second kappa shape index (κ2) is 4.96. The van der Waals surface area contributed by atoms with E-state index in [9.17, 15) is 4.79 Å². The number of nitrogens with zero attached hydrogens (tertiary/aromatic N) is 1. The molecule has 0 spiro atoms. The van der Waals surface area contributed by atoms with Crippen LogP contribution in [0.1, 0.15) is 32.0 Å². The maximum atomic E-state index is 11.3. The highest BCUT2D eigenvalue weighted by Gasteiger charge is 2.15. The van der Waals surface area contributed by atoms with Crippen LogP contribution in [0.3, 0.4) is 0 Å². The van der Waals surface area contributed by atoms with Crippen molar-refractivity contribution in [1.29, 1.82) is 0 Å². The van der Waals surface area contributed by atoms with E-state index in [-0.39, 0.29) is 0 Å². The molecule has 1 amide bonds. The number of aryl methyl sites for hydroxylation is 1. The molecule has 1 heterocycles. The van der Waals surface area contributed by atoms with Crippen LogP contribution in [0.4, 0.5) is 4.79 Å². The van der Waals surface area contributed by atoms with Crippen LogP contribution in [0.15, 0.2) is 18.3 Å². The SMILES string of the molecule is Cc1ccc(CNC(=O)OC(C)(C)C)cn1. The molecule has 0 unspecified atom stereocenters. The molecule has 0 aliphatic heterocycles. The number of hydrogen-bond acceptors (Lipinski definition) is 3. The van der Waals surface area contributed by atoms with Gasteiger partial charge in [-0.15, -0.1) is 0 Å². The van der Waals surface area contributed by atoms with Crippen molar-refractivity contribution in [2.45, 2.75) is 39.8 Å². The van der Waals surface area contributed by atoms with Crippen molar-refractivity contribution in [3.8, 4) is 0 Å². The molecule has 1 aromatic rings. The van der Waals surface area contributed by atoms with E-state index in [0.29, 0.717) is 6.54 Å². The number of hydrogen-bond donors (Lipinski definition) is 1. The molecule has 0 aliphatic carbocycles. The van der Waals surface area contributed by atoms with E-state index in [2.05, 4.69) is 10.3 Å². The Morgan fingerprint density at radius 2 is 2.12 bits per heavy atom. The van der Waals surface area contributed by atoms with Crippen LogP contribution in [0.5, 0.6) is 0 Å². The molecule has 0 saturated heterocycles. The van der Waals surface area contributed by atoms with E-state index in [0.717, 1.165) is 11.3 Å². The average molecular weight is 222 g/mol. The number of rotatable bonds is 2. The number of ether oxygens (including phenoxy) is 1. The van der Waals surface area contributed by atoms with Gasteiger partial charge in [0.25, 0.3) is 0 Å². The zero-order valence-electron chi connectivity index (χ0n) is 10.2. The number of carbonyl (C=O) groups is 1. The zero-order valence-corrected chi connectivity index (χ0v) is 10.2. The summed E-state index contributed by atoms with van der Waals surface area (Å²) in [6, 6.07) is 3.84. The largest absolute Gasteiger partial charge is 0.444 e. The summed E-state index contributed by atoms with van der Waals surface area (Å²) in [5.41, 5.74) is 1.45. The molecule has 0 fully saturated rings. The predicted octanol–water partition coefficient (Wildman–Crippen LogP) is 2.41. The lowest BCUT2D eigenvalue weighted by atomic mass is 10.2.